The van der Waals surface area contributed by atoms with E-state index in [0.717, 1.165) is 12.2 Å². The number of nitrogens with zero attached hydrogens (tertiary/aromatic N) is 1. The van der Waals surface area contributed by atoms with Crippen LogP contribution in [0.15, 0.2) is 12.1 Å². The van der Waals surface area contributed by atoms with E-state index in [4.69, 9.17) is 10.00 Å². The second kappa shape index (κ2) is 5.23. The summed E-state index contributed by atoms with van der Waals surface area (Å²) in [6.07, 6.45) is 0.746. The molecule has 0 saturated carbocycles. The number of rotatable bonds is 4. The van der Waals surface area contributed by atoms with Crippen LogP contribution in [0.4, 0.5) is 0 Å². The number of nitriles is 1. The summed E-state index contributed by atoms with van der Waals surface area (Å²) in [6.45, 7) is 10.7. The van der Waals surface area contributed by atoms with Crippen molar-refractivity contribution in [3.8, 4) is 11.8 Å². The molecule has 1 aromatic rings. The maximum Gasteiger partial charge on any atom is 0.122 e. The third kappa shape index (κ3) is 3.78. The van der Waals surface area contributed by atoms with E-state index in [1.807, 2.05) is 13.8 Å². The molecule has 0 atom stereocenters. The van der Waals surface area contributed by atoms with Crippen LogP contribution < -0.4 is 4.74 Å². The van der Waals surface area contributed by atoms with Gasteiger partial charge in [0.05, 0.1) is 18.1 Å². The maximum absolute atomic E-state index is 8.93. The summed E-state index contributed by atoms with van der Waals surface area (Å²) in [5.74, 6) is 0.941. The van der Waals surface area contributed by atoms with Crippen LogP contribution in [0.25, 0.3) is 0 Å². The van der Waals surface area contributed by atoms with E-state index in [0.29, 0.717) is 6.61 Å². The van der Waals surface area contributed by atoms with Gasteiger partial charge in [-0.3, -0.25) is 0 Å². The van der Waals surface area contributed by atoms with Crippen molar-refractivity contribution in [1.29, 1.82) is 5.26 Å². The van der Waals surface area contributed by atoms with E-state index >= 15 is 0 Å². The van der Waals surface area contributed by atoms with Crippen LogP contribution in [0.1, 0.15) is 37.0 Å². The van der Waals surface area contributed by atoms with E-state index in [1.54, 1.807) is 0 Å². The molecule has 0 bridgehead atoms. The predicted octanol–water partition coefficient (Wildman–Crippen LogP) is 3.93. The molecule has 2 heteroatoms. The van der Waals surface area contributed by atoms with Gasteiger partial charge in [-0.2, -0.15) is 5.26 Å². The normalized spacial score (nSPS) is 11.1. The Morgan fingerprint density at radius 2 is 1.88 bits per heavy atom. The molecule has 0 fully saturated rings. The smallest absolute Gasteiger partial charge is 0.122 e. The third-order valence-corrected chi connectivity index (χ3v) is 3.05. The molecule has 0 radical (unpaired) electrons. The summed E-state index contributed by atoms with van der Waals surface area (Å²) in [4.78, 5) is 0. The Kier molecular flexibility index (Phi) is 4.17. The fraction of sp³-hybridized carbons (Fsp3) is 0.533. The monoisotopic (exact) mass is 231 g/mol. The average molecular weight is 231 g/mol. The summed E-state index contributed by atoms with van der Waals surface area (Å²) < 4.78 is 5.79. The van der Waals surface area contributed by atoms with Crippen molar-refractivity contribution < 1.29 is 4.74 Å². The Morgan fingerprint density at radius 1 is 1.24 bits per heavy atom. The highest BCUT2D eigenvalue weighted by atomic mass is 16.5. The van der Waals surface area contributed by atoms with Gasteiger partial charge in [-0.25, -0.2) is 0 Å². The number of benzene rings is 1. The summed E-state index contributed by atoms with van der Waals surface area (Å²) in [7, 11) is 0. The van der Waals surface area contributed by atoms with Crippen molar-refractivity contribution >= 4 is 0 Å². The molecule has 17 heavy (non-hydrogen) atoms. The van der Waals surface area contributed by atoms with Gasteiger partial charge in [0, 0.05) is 0 Å². The van der Waals surface area contributed by atoms with Crippen molar-refractivity contribution in [2.45, 2.75) is 41.0 Å². The molecule has 0 N–H and O–H groups in total. The Hall–Kier alpha value is -1.49. The molecule has 0 amide bonds. The van der Waals surface area contributed by atoms with Crippen LogP contribution in [0, 0.1) is 37.5 Å². The minimum Gasteiger partial charge on any atom is -0.493 e. The fourth-order valence-corrected chi connectivity index (χ4v) is 1.62. The zero-order chi connectivity index (χ0) is 13.1. The quantitative estimate of drug-likeness (QED) is 0.786. The lowest BCUT2D eigenvalue weighted by Crippen LogP contribution is -2.13. The molecule has 1 aromatic carbocycles. The van der Waals surface area contributed by atoms with Crippen molar-refractivity contribution in [3.63, 3.8) is 0 Å². The van der Waals surface area contributed by atoms with Gasteiger partial charge in [0.25, 0.3) is 0 Å². The van der Waals surface area contributed by atoms with E-state index in [2.05, 4.69) is 39.0 Å². The van der Waals surface area contributed by atoms with Crippen molar-refractivity contribution in [1.82, 2.24) is 0 Å². The molecule has 0 aliphatic rings. The van der Waals surface area contributed by atoms with Crippen molar-refractivity contribution in [2.75, 3.05) is 6.61 Å². The molecular weight excluding hydrogens is 210 g/mol. The molecule has 1 rings (SSSR count). The van der Waals surface area contributed by atoms with Crippen molar-refractivity contribution in [3.05, 3.63) is 28.8 Å². The Balaban J connectivity index is 2.68. The Labute approximate surface area is 104 Å². The SMILES string of the molecule is Cc1cc(C)c(C)c(OCCC(C)(C)C#N)c1. The summed E-state index contributed by atoms with van der Waals surface area (Å²) >= 11 is 0. The highest BCUT2D eigenvalue weighted by Crippen LogP contribution is 2.25. The molecule has 0 spiro atoms. The van der Waals surface area contributed by atoms with Crippen LogP contribution in [0.3, 0.4) is 0 Å². The molecule has 92 valence electrons. The van der Waals surface area contributed by atoms with E-state index < -0.39 is 0 Å². The van der Waals surface area contributed by atoms with Gasteiger partial charge >= 0.3 is 0 Å². The van der Waals surface area contributed by atoms with E-state index in [1.165, 1.54) is 16.7 Å². The topological polar surface area (TPSA) is 33.0 Å². The molecule has 0 aliphatic carbocycles. The van der Waals surface area contributed by atoms with E-state index in [-0.39, 0.29) is 5.41 Å². The lowest BCUT2D eigenvalue weighted by atomic mass is 9.92. The zero-order valence-electron chi connectivity index (χ0n) is 11.4. The number of ether oxygens (including phenoxy) is 1. The number of hydrogen-bond acceptors (Lipinski definition) is 2. The summed E-state index contributed by atoms with van der Waals surface area (Å²) in [6, 6.07) is 6.50. The minimum atomic E-state index is -0.313. The lowest BCUT2D eigenvalue weighted by molar-refractivity contribution is 0.263. The third-order valence-electron chi connectivity index (χ3n) is 3.05. The van der Waals surface area contributed by atoms with Crippen molar-refractivity contribution in [2.24, 2.45) is 5.41 Å². The van der Waals surface area contributed by atoms with Gasteiger partial charge in [0.2, 0.25) is 0 Å². The number of hydrogen-bond donors (Lipinski definition) is 0. The average Bonchev–Trinajstić information content (AvgIpc) is 2.24. The first-order chi connectivity index (χ1) is 7.85. The number of aryl methyl sites for hydroxylation is 2. The highest BCUT2D eigenvalue weighted by molar-refractivity contribution is 5.41. The van der Waals surface area contributed by atoms with Gasteiger partial charge in [-0.1, -0.05) is 6.07 Å². The Bertz CT molecular complexity index is 441. The molecule has 0 heterocycles. The van der Waals surface area contributed by atoms with Gasteiger partial charge in [0.1, 0.15) is 5.75 Å². The largest absolute Gasteiger partial charge is 0.493 e. The van der Waals surface area contributed by atoms with Gasteiger partial charge in [-0.15, -0.1) is 0 Å². The second-order valence-electron chi connectivity index (χ2n) is 5.30. The van der Waals surface area contributed by atoms with Crippen LogP contribution >= 0.6 is 0 Å². The highest BCUT2D eigenvalue weighted by Gasteiger charge is 2.16. The molecular formula is C15H21NO. The first-order valence-corrected chi connectivity index (χ1v) is 5.97. The molecule has 0 unspecified atom stereocenters. The lowest BCUT2D eigenvalue weighted by Gasteiger charge is -2.17. The van der Waals surface area contributed by atoms with Gasteiger partial charge < -0.3 is 4.74 Å². The predicted molar refractivity (Wildman–Crippen MR) is 70.2 cm³/mol. The van der Waals surface area contributed by atoms with Crippen LogP contribution in [-0.2, 0) is 0 Å². The first kappa shape index (κ1) is 13.6. The summed E-state index contributed by atoms with van der Waals surface area (Å²) in [5.41, 5.74) is 3.33. The molecule has 2 nitrogen and oxygen atoms in total. The fourth-order valence-electron chi connectivity index (χ4n) is 1.62. The minimum absolute atomic E-state index is 0.313. The molecule has 0 aliphatic heterocycles. The standard InChI is InChI=1S/C15H21NO/c1-11-8-12(2)13(3)14(9-11)17-7-6-15(4,5)10-16/h8-9H,6-7H2,1-5H3. The zero-order valence-corrected chi connectivity index (χ0v) is 11.4. The van der Waals surface area contributed by atoms with Gasteiger partial charge in [0.15, 0.2) is 0 Å². The van der Waals surface area contributed by atoms with Crippen LogP contribution in [0.5, 0.6) is 5.75 Å². The first-order valence-electron chi connectivity index (χ1n) is 5.97. The molecule has 0 saturated heterocycles. The summed E-state index contributed by atoms with van der Waals surface area (Å²) in [5, 5.41) is 8.93. The van der Waals surface area contributed by atoms with Crippen LogP contribution in [0.2, 0.25) is 0 Å². The second-order valence-corrected chi connectivity index (χ2v) is 5.30. The Morgan fingerprint density at radius 3 is 2.47 bits per heavy atom. The van der Waals surface area contributed by atoms with Gasteiger partial charge in [-0.05, 0) is 63.8 Å². The van der Waals surface area contributed by atoms with Crippen LogP contribution in [-0.4, -0.2) is 6.61 Å². The molecule has 0 aromatic heterocycles. The maximum atomic E-state index is 8.93. The van der Waals surface area contributed by atoms with E-state index in [9.17, 15) is 0 Å².